The molecule has 3 aromatic heterocycles. The summed E-state index contributed by atoms with van der Waals surface area (Å²) in [4.78, 5) is 93.6. The lowest BCUT2D eigenvalue weighted by atomic mass is 10.0. The van der Waals surface area contributed by atoms with Crippen LogP contribution in [0.3, 0.4) is 0 Å². The first-order chi connectivity index (χ1) is 34.3. The van der Waals surface area contributed by atoms with E-state index in [0.717, 1.165) is 22.4 Å². The number of methoxy groups -OCH3 is 1. The first kappa shape index (κ1) is 54.5. The number of esters is 3. The molecule has 1 saturated carbocycles. The van der Waals surface area contributed by atoms with E-state index < -0.39 is 75.4 Å². The number of pyridine rings is 1. The van der Waals surface area contributed by atoms with E-state index in [1.165, 1.54) is 16.7 Å². The van der Waals surface area contributed by atoms with Crippen molar-refractivity contribution in [2.75, 3.05) is 25.2 Å². The van der Waals surface area contributed by atoms with Crippen molar-refractivity contribution >= 4 is 92.4 Å². The molecule has 3 aliphatic rings. The zero-order valence-electron chi connectivity index (χ0n) is 42.7. The fraction of sp³-hybridized carbons (Fsp3) is 0.500. The van der Waals surface area contributed by atoms with Crippen molar-refractivity contribution in [3.63, 3.8) is 0 Å². The molecule has 0 radical (unpaired) electrons. The van der Waals surface area contributed by atoms with Crippen molar-refractivity contribution in [2.24, 2.45) is 5.16 Å². The van der Waals surface area contributed by atoms with Crippen LogP contribution in [0.2, 0.25) is 4.34 Å². The van der Waals surface area contributed by atoms with Crippen LogP contribution in [0, 0.1) is 0 Å². The van der Waals surface area contributed by atoms with Gasteiger partial charge in [-0.25, -0.2) is 19.4 Å². The lowest BCUT2D eigenvalue weighted by Gasteiger charge is -2.49. The Balaban J connectivity index is 1.16. The van der Waals surface area contributed by atoms with Gasteiger partial charge < -0.3 is 43.7 Å². The number of β-lactam (4-membered cyclic amide) rings is 1. The number of nitrogens with zero attached hydrogens (tertiary/aromatic N) is 5. The smallest absolute Gasteiger partial charge is 0.413 e. The molecule has 23 heteroatoms. The van der Waals surface area contributed by atoms with E-state index in [2.05, 4.69) is 26.1 Å². The number of thioether (sulfide) groups is 1. The Morgan fingerprint density at radius 3 is 2.27 bits per heavy atom. The topological polar surface area (TPSA) is 231 Å². The summed E-state index contributed by atoms with van der Waals surface area (Å²) in [5.41, 5.74) is -1.45. The highest BCUT2D eigenvalue weighted by Gasteiger charge is 2.58. The van der Waals surface area contributed by atoms with E-state index in [-0.39, 0.29) is 58.6 Å². The maximum absolute atomic E-state index is 14.5. The normalized spacial score (nSPS) is 18.0. The Bertz CT molecular complexity index is 2840. The average Bonchev–Trinajstić information content (AvgIpc) is 3.86. The molecule has 73 heavy (non-hydrogen) atoms. The number of ether oxygens (including phenoxy) is 5. The monoisotopic (exact) mass is 1070 g/mol. The third-order valence-corrected chi connectivity index (χ3v) is 13.9. The van der Waals surface area contributed by atoms with Crippen LogP contribution in [0.25, 0.3) is 11.0 Å². The van der Waals surface area contributed by atoms with Crippen LogP contribution < -0.4 is 25.3 Å². The summed E-state index contributed by atoms with van der Waals surface area (Å²) < 4.78 is 31.7. The van der Waals surface area contributed by atoms with Gasteiger partial charge in [0, 0.05) is 49.0 Å². The number of amides is 3. The molecule has 4 aromatic rings. The van der Waals surface area contributed by atoms with Gasteiger partial charge in [-0.3, -0.25) is 24.6 Å². The van der Waals surface area contributed by atoms with E-state index in [4.69, 9.17) is 40.1 Å². The maximum Gasteiger partial charge on any atom is 0.413 e. The van der Waals surface area contributed by atoms with E-state index in [1.54, 1.807) is 80.0 Å². The molecular formula is C50H62ClN8O12S2+. The average molecular weight is 1070 g/mol. The number of carbonyl (C=O) groups is 6. The number of rotatable bonds is 18. The third-order valence-electron chi connectivity index (χ3n) is 11.3. The Hall–Kier alpha value is -6.23. The van der Waals surface area contributed by atoms with Crippen molar-refractivity contribution < 1.29 is 61.9 Å². The standard InChI is InChI=1S/C50H61ClN8O12S2/c1-47(2,3)68-42(62)31(52-10)18-23-57-24-19-33-32(57)13-12-22-58(33)25-29-27-72-41-36(40(61)59(41)37(29)43(63)67-26-28-14-16-30(66-11)17-15-28)53-39(60)35(56-71-50(20-21-50)44(64)69-48(4,5)6)34-38(51)73-45(54-34)55-46(65)70-49(7,8)9/h12-17,19,22,24,31,36,41,52H,18,20-21,23,25-27H2,1-11H3,(H-,53,54,55,60,65)/p+1/b56-35-. The Morgan fingerprint density at radius 2 is 1.64 bits per heavy atom. The van der Waals surface area contributed by atoms with Crippen molar-refractivity contribution in [2.45, 2.75) is 141 Å². The molecule has 2 aliphatic heterocycles. The van der Waals surface area contributed by atoms with Crippen LogP contribution in [0.15, 0.2) is 71.3 Å². The number of nitrogens with one attached hydrogen (secondary N) is 3. The largest absolute Gasteiger partial charge is 0.497 e. The molecule has 3 atom stereocenters. The number of benzene rings is 1. The van der Waals surface area contributed by atoms with Crippen LogP contribution in [0.5, 0.6) is 5.75 Å². The number of carbonyl (C=O) groups excluding carboxylic acids is 6. The summed E-state index contributed by atoms with van der Waals surface area (Å²) in [5, 5.41) is 11.7. The van der Waals surface area contributed by atoms with E-state index in [9.17, 15) is 28.8 Å². The molecule has 3 unspecified atom stereocenters. The van der Waals surface area contributed by atoms with Gasteiger partial charge in [0.1, 0.15) is 67.9 Å². The summed E-state index contributed by atoms with van der Waals surface area (Å²) in [7, 11) is 3.27. The SMILES string of the molecule is CNC(CCn1ccc2c1ccc[n+]2CC1=C(C(=O)OCc2ccc(OC)cc2)N2C(=O)C(NC(=O)/C(=N\OC3(C(=O)OC(C)(C)C)CC3)c3nc(NC(=O)OC(C)(C)C)sc3Cl)C2SC1)C(=O)OC(C)(C)C. The molecule has 0 bridgehead atoms. The fourth-order valence-corrected chi connectivity index (χ4v) is 10.1. The lowest BCUT2D eigenvalue weighted by Crippen LogP contribution is -2.71. The number of aryl methyl sites for hydroxylation is 1. The first-order valence-corrected chi connectivity index (χ1v) is 25.8. The molecule has 392 valence electrons. The van der Waals surface area contributed by atoms with Crippen molar-refractivity contribution in [1.82, 2.24) is 25.1 Å². The molecule has 1 aliphatic carbocycles. The maximum atomic E-state index is 14.5. The number of fused-ring (bicyclic) bond motifs is 2. The number of anilines is 1. The fourth-order valence-electron chi connectivity index (χ4n) is 7.75. The van der Waals surface area contributed by atoms with Crippen molar-refractivity contribution in [1.29, 1.82) is 0 Å². The van der Waals surface area contributed by atoms with Crippen LogP contribution >= 0.6 is 34.7 Å². The first-order valence-electron chi connectivity index (χ1n) is 23.6. The number of hydrogen-bond acceptors (Lipinski definition) is 17. The van der Waals surface area contributed by atoms with Gasteiger partial charge in [0.2, 0.25) is 11.1 Å². The van der Waals surface area contributed by atoms with Gasteiger partial charge >= 0.3 is 24.0 Å². The molecule has 20 nitrogen and oxygen atoms in total. The minimum Gasteiger partial charge on any atom is -0.497 e. The summed E-state index contributed by atoms with van der Waals surface area (Å²) in [6, 6.07) is 11.1. The van der Waals surface area contributed by atoms with Gasteiger partial charge in [-0.15, -0.1) is 11.8 Å². The summed E-state index contributed by atoms with van der Waals surface area (Å²) in [6.45, 7) is 16.3. The predicted octanol–water partition coefficient (Wildman–Crippen LogP) is 6.41. The van der Waals surface area contributed by atoms with E-state index >= 15 is 0 Å². The van der Waals surface area contributed by atoms with Crippen molar-refractivity contribution in [3.8, 4) is 5.75 Å². The molecule has 0 spiro atoms. The molecule has 7 rings (SSSR count). The summed E-state index contributed by atoms with van der Waals surface area (Å²) in [6.07, 6.45) is 3.95. The molecule has 1 aromatic carbocycles. The van der Waals surface area contributed by atoms with Gasteiger partial charge in [-0.1, -0.05) is 40.2 Å². The van der Waals surface area contributed by atoms with Crippen LogP contribution in [-0.2, 0) is 67.5 Å². The highest BCUT2D eigenvalue weighted by molar-refractivity contribution is 8.00. The number of oxime groups is 1. The third kappa shape index (κ3) is 13.3. The van der Waals surface area contributed by atoms with Crippen molar-refractivity contribution in [3.05, 3.63) is 81.7 Å². The van der Waals surface area contributed by atoms with Crippen LogP contribution in [0.4, 0.5) is 9.93 Å². The van der Waals surface area contributed by atoms with E-state index in [0.29, 0.717) is 29.9 Å². The molecule has 3 amide bonds. The van der Waals surface area contributed by atoms with Gasteiger partial charge in [-0.05, 0) is 99.5 Å². The van der Waals surface area contributed by atoms with Crippen LogP contribution in [-0.4, -0.2) is 116 Å². The number of hydrogen-bond donors (Lipinski definition) is 3. The second-order valence-electron chi connectivity index (χ2n) is 20.6. The quantitative estimate of drug-likeness (QED) is 0.0244. The number of thiazole rings is 1. The molecular weight excluding hydrogens is 1000 g/mol. The van der Waals surface area contributed by atoms with Gasteiger partial charge in [0.25, 0.3) is 11.8 Å². The molecule has 2 fully saturated rings. The Kier molecular flexibility index (Phi) is 16.2. The number of aromatic nitrogens is 3. The van der Waals surface area contributed by atoms with Crippen LogP contribution in [0.1, 0.15) is 92.8 Å². The minimum atomic E-state index is -1.48. The highest BCUT2D eigenvalue weighted by atomic mass is 35.5. The zero-order valence-corrected chi connectivity index (χ0v) is 45.1. The summed E-state index contributed by atoms with van der Waals surface area (Å²) >= 11 is 8.81. The predicted molar refractivity (Wildman–Crippen MR) is 273 cm³/mol. The summed E-state index contributed by atoms with van der Waals surface area (Å²) in [5.74, 6) is -2.42. The number of halogens is 1. The molecule has 5 heterocycles. The second-order valence-corrected chi connectivity index (χ2v) is 23.3. The second kappa shape index (κ2) is 21.7. The van der Waals surface area contributed by atoms with Gasteiger partial charge in [0.05, 0.1) is 7.11 Å². The van der Waals surface area contributed by atoms with Gasteiger partial charge in [-0.2, -0.15) is 4.57 Å². The minimum absolute atomic E-state index is 0.0297. The highest BCUT2D eigenvalue weighted by Crippen LogP contribution is 2.43. The Morgan fingerprint density at radius 1 is 0.959 bits per heavy atom. The molecule has 3 N–H and O–H groups in total. The molecule has 1 saturated heterocycles. The lowest BCUT2D eigenvalue weighted by molar-refractivity contribution is -0.663. The zero-order chi connectivity index (χ0) is 53.2. The number of likely N-dealkylation sites (N-methyl/N-ethyl adjacent to an activating group) is 1. The Labute approximate surface area is 436 Å². The van der Waals surface area contributed by atoms with E-state index in [1.807, 2.05) is 60.5 Å². The van der Waals surface area contributed by atoms with Gasteiger partial charge in [0.15, 0.2) is 23.6 Å².